The number of ketones is 1. The monoisotopic (exact) mass is 361 g/mol. The summed E-state index contributed by atoms with van der Waals surface area (Å²) >= 11 is 12.0. The molecule has 4 rings (SSSR count). The summed E-state index contributed by atoms with van der Waals surface area (Å²) in [5.74, 6) is 0.123. The quantitative estimate of drug-likeness (QED) is 0.752. The van der Waals surface area contributed by atoms with Gasteiger partial charge in [0.2, 0.25) is 0 Å². The number of benzene rings is 2. The smallest absolute Gasteiger partial charge is 0.164 e. The fourth-order valence-electron chi connectivity index (χ4n) is 3.57. The standard InChI is InChI=1S/C19H17Cl2NO2/c20-14-4-2-13(3-5-14)18(23)10-16-11-24-19-17-9-15(21)6-1-12(17)7-8-22(16)19/h1-6,9,16,19H,7-8,10-11H2/t16-,19+/m1/s1. The lowest BCUT2D eigenvalue weighted by molar-refractivity contribution is 0.0216. The Morgan fingerprint density at radius 1 is 1.12 bits per heavy atom. The summed E-state index contributed by atoms with van der Waals surface area (Å²) in [6.07, 6.45) is 1.32. The Kier molecular flexibility index (Phi) is 4.35. The third-order valence-electron chi connectivity index (χ3n) is 4.82. The Morgan fingerprint density at radius 2 is 1.88 bits per heavy atom. The van der Waals surface area contributed by atoms with Gasteiger partial charge in [-0.05, 0) is 48.4 Å². The van der Waals surface area contributed by atoms with Crippen molar-refractivity contribution in [2.45, 2.75) is 25.1 Å². The van der Waals surface area contributed by atoms with E-state index in [1.54, 1.807) is 24.3 Å². The average molecular weight is 362 g/mol. The first kappa shape index (κ1) is 16.1. The summed E-state index contributed by atoms with van der Waals surface area (Å²) in [6.45, 7) is 1.47. The number of carbonyl (C=O) groups excluding carboxylic acids is 1. The highest BCUT2D eigenvalue weighted by molar-refractivity contribution is 6.31. The van der Waals surface area contributed by atoms with E-state index < -0.39 is 0 Å². The van der Waals surface area contributed by atoms with Crippen LogP contribution < -0.4 is 0 Å². The van der Waals surface area contributed by atoms with Crippen LogP contribution in [0.4, 0.5) is 0 Å². The molecule has 1 saturated heterocycles. The second-order valence-electron chi connectivity index (χ2n) is 6.30. The molecule has 2 atom stereocenters. The molecular weight excluding hydrogens is 345 g/mol. The molecule has 1 fully saturated rings. The van der Waals surface area contributed by atoms with Gasteiger partial charge in [-0.3, -0.25) is 9.69 Å². The molecular formula is C19H17Cl2NO2. The van der Waals surface area contributed by atoms with Crippen molar-refractivity contribution in [2.24, 2.45) is 0 Å². The fraction of sp³-hybridized carbons (Fsp3) is 0.316. The van der Waals surface area contributed by atoms with E-state index >= 15 is 0 Å². The maximum Gasteiger partial charge on any atom is 0.164 e. The molecule has 2 aliphatic heterocycles. The molecule has 0 amide bonds. The lowest BCUT2D eigenvalue weighted by atomic mass is 9.96. The second kappa shape index (κ2) is 6.49. The lowest BCUT2D eigenvalue weighted by Crippen LogP contribution is -2.39. The fourth-order valence-corrected chi connectivity index (χ4v) is 3.88. The topological polar surface area (TPSA) is 29.5 Å². The highest BCUT2D eigenvalue weighted by Gasteiger charge is 2.39. The molecule has 2 aromatic rings. The first-order valence-electron chi connectivity index (χ1n) is 8.06. The highest BCUT2D eigenvalue weighted by Crippen LogP contribution is 2.38. The van der Waals surface area contributed by atoms with Gasteiger partial charge in [-0.25, -0.2) is 0 Å². The van der Waals surface area contributed by atoms with Gasteiger partial charge in [-0.2, -0.15) is 0 Å². The molecule has 3 nitrogen and oxygen atoms in total. The third kappa shape index (κ3) is 2.98. The minimum Gasteiger partial charge on any atom is -0.357 e. The van der Waals surface area contributed by atoms with Crippen molar-refractivity contribution in [3.05, 3.63) is 69.2 Å². The van der Waals surface area contributed by atoms with E-state index in [9.17, 15) is 4.79 Å². The van der Waals surface area contributed by atoms with Crippen molar-refractivity contribution in [1.82, 2.24) is 4.90 Å². The number of fused-ring (bicyclic) bond motifs is 3. The molecule has 2 aliphatic rings. The Balaban J connectivity index is 1.51. The number of hydrogen-bond donors (Lipinski definition) is 0. The second-order valence-corrected chi connectivity index (χ2v) is 7.18. The van der Waals surface area contributed by atoms with E-state index in [4.69, 9.17) is 27.9 Å². The van der Waals surface area contributed by atoms with Crippen LogP contribution in [0, 0.1) is 0 Å². The van der Waals surface area contributed by atoms with Crippen LogP contribution in [0.5, 0.6) is 0 Å². The Morgan fingerprint density at radius 3 is 2.67 bits per heavy atom. The van der Waals surface area contributed by atoms with Crippen LogP contribution in [-0.2, 0) is 11.2 Å². The number of Topliss-reactive ketones (excluding diaryl/α,β-unsaturated/α-hetero) is 1. The van der Waals surface area contributed by atoms with Gasteiger partial charge < -0.3 is 4.74 Å². The zero-order chi connectivity index (χ0) is 16.7. The zero-order valence-corrected chi connectivity index (χ0v) is 14.6. The number of halogens is 2. The SMILES string of the molecule is O=C(C[C@@H]1CO[C@H]2c3cc(Cl)ccc3CCN12)c1ccc(Cl)cc1. The maximum atomic E-state index is 12.5. The van der Waals surface area contributed by atoms with Crippen molar-refractivity contribution in [3.63, 3.8) is 0 Å². The van der Waals surface area contributed by atoms with Crippen LogP contribution in [-0.4, -0.2) is 29.9 Å². The first-order valence-corrected chi connectivity index (χ1v) is 8.82. The molecule has 0 saturated carbocycles. The van der Waals surface area contributed by atoms with E-state index in [-0.39, 0.29) is 18.1 Å². The number of nitrogens with zero attached hydrogens (tertiary/aromatic N) is 1. The van der Waals surface area contributed by atoms with Crippen molar-refractivity contribution in [2.75, 3.05) is 13.2 Å². The Hall–Kier alpha value is -1.39. The van der Waals surface area contributed by atoms with Gasteiger partial charge in [-0.15, -0.1) is 0 Å². The van der Waals surface area contributed by atoms with Gasteiger partial charge in [-0.1, -0.05) is 29.3 Å². The molecule has 0 bridgehead atoms. The van der Waals surface area contributed by atoms with Crippen molar-refractivity contribution in [3.8, 4) is 0 Å². The number of carbonyl (C=O) groups is 1. The van der Waals surface area contributed by atoms with Crippen molar-refractivity contribution in [1.29, 1.82) is 0 Å². The van der Waals surface area contributed by atoms with E-state index in [0.717, 1.165) is 23.6 Å². The molecule has 124 valence electrons. The zero-order valence-electron chi connectivity index (χ0n) is 13.0. The van der Waals surface area contributed by atoms with Gasteiger partial charge in [0.25, 0.3) is 0 Å². The molecule has 2 aromatic carbocycles. The normalized spacial score (nSPS) is 22.9. The molecule has 5 heteroatoms. The highest BCUT2D eigenvalue weighted by atomic mass is 35.5. The minimum atomic E-state index is -0.0875. The first-order chi connectivity index (χ1) is 11.6. The number of ether oxygens (including phenoxy) is 1. The Bertz CT molecular complexity index is 775. The summed E-state index contributed by atoms with van der Waals surface area (Å²) in [5, 5.41) is 1.36. The van der Waals surface area contributed by atoms with E-state index in [2.05, 4.69) is 11.0 Å². The van der Waals surface area contributed by atoms with Crippen LogP contribution in [0.2, 0.25) is 10.0 Å². The maximum absolute atomic E-state index is 12.5. The van der Waals surface area contributed by atoms with E-state index in [1.165, 1.54) is 5.56 Å². The van der Waals surface area contributed by atoms with Gasteiger partial charge in [0.1, 0.15) is 6.23 Å². The molecule has 0 N–H and O–H groups in total. The van der Waals surface area contributed by atoms with Crippen LogP contribution in [0.3, 0.4) is 0 Å². The van der Waals surface area contributed by atoms with E-state index in [1.807, 2.05) is 12.1 Å². The van der Waals surface area contributed by atoms with Crippen LogP contribution in [0.15, 0.2) is 42.5 Å². The molecule has 24 heavy (non-hydrogen) atoms. The van der Waals surface area contributed by atoms with Crippen LogP contribution in [0.25, 0.3) is 0 Å². The van der Waals surface area contributed by atoms with Crippen molar-refractivity contribution >= 4 is 29.0 Å². The van der Waals surface area contributed by atoms with E-state index in [0.29, 0.717) is 23.6 Å². The summed E-state index contributed by atoms with van der Waals surface area (Å²) in [5.41, 5.74) is 3.11. The number of hydrogen-bond acceptors (Lipinski definition) is 3. The van der Waals surface area contributed by atoms with Gasteiger partial charge in [0, 0.05) is 40.2 Å². The molecule has 0 radical (unpaired) electrons. The molecule has 0 aromatic heterocycles. The van der Waals surface area contributed by atoms with Crippen LogP contribution >= 0.6 is 23.2 Å². The molecule has 0 aliphatic carbocycles. The predicted molar refractivity (Wildman–Crippen MR) is 94.7 cm³/mol. The summed E-state index contributed by atoms with van der Waals surface area (Å²) in [7, 11) is 0. The van der Waals surface area contributed by atoms with Gasteiger partial charge >= 0.3 is 0 Å². The van der Waals surface area contributed by atoms with Crippen molar-refractivity contribution < 1.29 is 9.53 Å². The largest absolute Gasteiger partial charge is 0.357 e. The molecule has 0 spiro atoms. The molecule has 0 unspecified atom stereocenters. The summed E-state index contributed by atoms with van der Waals surface area (Å²) in [6, 6.07) is 13.1. The third-order valence-corrected chi connectivity index (χ3v) is 5.30. The van der Waals surface area contributed by atoms with Gasteiger partial charge in [0.05, 0.1) is 6.61 Å². The molecule has 2 heterocycles. The number of rotatable bonds is 3. The summed E-state index contributed by atoms with van der Waals surface area (Å²) < 4.78 is 6.00. The Labute approximate surface area is 151 Å². The lowest BCUT2D eigenvalue weighted by Gasteiger charge is -2.33. The minimum absolute atomic E-state index is 0.0875. The average Bonchev–Trinajstić information content (AvgIpc) is 2.99. The van der Waals surface area contributed by atoms with Crippen LogP contribution in [0.1, 0.15) is 34.1 Å². The van der Waals surface area contributed by atoms with Gasteiger partial charge in [0.15, 0.2) is 5.78 Å². The predicted octanol–water partition coefficient (Wildman–Crippen LogP) is 4.52. The summed E-state index contributed by atoms with van der Waals surface area (Å²) in [4.78, 5) is 14.8.